The zero-order chi connectivity index (χ0) is 12.7. The quantitative estimate of drug-likeness (QED) is 0.850. The standard InChI is InChI=1S/C14H16N2O2/c15-13(17)11-3-1-2-4-12(11)16-14(18)10-6-8-5-9(8)7-10/h1-4,8-10H,5-7H2,(H2,15,17)(H,16,18). The normalized spacial score (nSPS) is 28.6. The molecular weight excluding hydrogens is 228 g/mol. The number of hydrogen-bond acceptors (Lipinski definition) is 2. The summed E-state index contributed by atoms with van der Waals surface area (Å²) in [5, 5.41) is 2.84. The molecule has 18 heavy (non-hydrogen) atoms. The molecule has 2 fully saturated rings. The number of carbonyl (C=O) groups excluding carboxylic acids is 2. The summed E-state index contributed by atoms with van der Waals surface area (Å²) in [6.07, 6.45) is 3.28. The maximum Gasteiger partial charge on any atom is 0.250 e. The highest BCUT2D eigenvalue weighted by Crippen LogP contribution is 2.54. The first-order valence-corrected chi connectivity index (χ1v) is 6.35. The van der Waals surface area contributed by atoms with Gasteiger partial charge in [-0.2, -0.15) is 0 Å². The zero-order valence-corrected chi connectivity index (χ0v) is 10.1. The number of nitrogens with two attached hydrogens (primary N) is 1. The van der Waals surface area contributed by atoms with Crippen LogP contribution in [0, 0.1) is 17.8 Å². The highest BCUT2D eigenvalue weighted by molar-refractivity contribution is 6.03. The summed E-state index contributed by atoms with van der Waals surface area (Å²) in [4.78, 5) is 23.3. The molecule has 0 aromatic heterocycles. The Labute approximate surface area is 106 Å². The van der Waals surface area contributed by atoms with Crippen molar-refractivity contribution >= 4 is 17.5 Å². The molecule has 3 rings (SSSR count). The second-order valence-electron chi connectivity index (χ2n) is 5.32. The van der Waals surface area contributed by atoms with Crippen LogP contribution in [0.1, 0.15) is 29.6 Å². The Morgan fingerprint density at radius 1 is 1.11 bits per heavy atom. The van der Waals surface area contributed by atoms with Crippen molar-refractivity contribution in [2.45, 2.75) is 19.3 Å². The molecule has 0 spiro atoms. The fraction of sp³-hybridized carbons (Fsp3) is 0.429. The molecular formula is C14H16N2O2. The number of primary amides is 1. The average molecular weight is 244 g/mol. The van der Waals surface area contributed by atoms with Crippen LogP contribution in [-0.4, -0.2) is 11.8 Å². The van der Waals surface area contributed by atoms with Gasteiger partial charge in [-0.15, -0.1) is 0 Å². The van der Waals surface area contributed by atoms with E-state index < -0.39 is 5.91 Å². The van der Waals surface area contributed by atoms with Gasteiger partial charge >= 0.3 is 0 Å². The summed E-state index contributed by atoms with van der Waals surface area (Å²) in [6.45, 7) is 0. The largest absolute Gasteiger partial charge is 0.366 e. The Kier molecular flexibility index (Phi) is 2.58. The maximum atomic E-state index is 12.1. The molecule has 1 aromatic carbocycles. The van der Waals surface area contributed by atoms with Crippen molar-refractivity contribution in [3.63, 3.8) is 0 Å². The van der Waals surface area contributed by atoms with Gasteiger partial charge in [0.05, 0.1) is 11.3 Å². The van der Waals surface area contributed by atoms with Gasteiger partial charge in [-0.25, -0.2) is 0 Å². The van der Waals surface area contributed by atoms with Crippen molar-refractivity contribution < 1.29 is 9.59 Å². The van der Waals surface area contributed by atoms with Gasteiger partial charge in [0.2, 0.25) is 5.91 Å². The van der Waals surface area contributed by atoms with Crippen LogP contribution in [0.3, 0.4) is 0 Å². The second kappa shape index (κ2) is 4.12. The third-order valence-corrected chi connectivity index (χ3v) is 4.06. The van der Waals surface area contributed by atoms with E-state index in [-0.39, 0.29) is 11.8 Å². The third-order valence-electron chi connectivity index (χ3n) is 4.06. The van der Waals surface area contributed by atoms with Crippen molar-refractivity contribution in [2.75, 3.05) is 5.32 Å². The Hall–Kier alpha value is -1.84. The van der Waals surface area contributed by atoms with Gasteiger partial charge in [0.15, 0.2) is 0 Å². The molecule has 3 N–H and O–H groups in total. The van der Waals surface area contributed by atoms with Crippen molar-refractivity contribution in [1.82, 2.24) is 0 Å². The number of carbonyl (C=O) groups is 2. The highest BCUT2D eigenvalue weighted by atomic mass is 16.2. The molecule has 1 aromatic rings. The lowest BCUT2D eigenvalue weighted by molar-refractivity contribution is -0.120. The summed E-state index contributed by atoms with van der Waals surface area (Å²) in [6, 6.07) is 6.87. The third kappa shape index (κ3) is 1.98. The van der Waals surface area contributed by atoms with Gasteiger partial charge < -0.3 is 11.1 Å². The van der Waals surface area contributed by atoms with E-state index in [0.29, 0.717) is 11.3 Å². The first kappa shape index (κ1) is 11.3. The predicted molar refractivity (Wildman–Crippen MR) is 67.9 cm³/mol. The van der Waals surface area contributed by atoms with Crippen LogP contribution in [0.4, 0.5) is 5.69 Å². The molecule has 0 heterocycles. The van der Waals surface area contributed by atoms with Crippen LogP contribution in [0.15, 0.2) is 24.3 Å². The number of anilines is 1. The topological polar surface area (TPSA) is 72.2 Å². The van der Waals surface area contributed by atoms with E-state index >= 15 is 0 Å². The van der Waals surface area contributed by atoms with Crippen molar-refractivity contribution in [1.29, 1.82) is 0 Å². The number of nitrogens with one attached hydrogen (secondary N) is 1. The van der Waals surface area contributed by atoms with Crippen molar-refractivity contribution in [2.24, 2.45) is 23.5 Å². The van der Waals surface area contributed by atoms with Crippen LogP contribution < -0.4 is 11.1 Å². The Bertz CT molecular complexity index is 502. The van der Waals surface area contributed by atoms with Crippen LogP contribution in [0.25, 0.3) is 0 Å². The predicted octanol–water partition coefficient (Wildman–Crippen LogP) is 1.77. The van der Waals surface area contributed by atoms with Gasteiger partial charge in [-0.05, 0) is 43.2 Å². The minimum absolute atomic E-state index is 0.0240. The molecule has 0 saturated heterocycles. The molecule has 2 saturated carbocycles. The fourth-order valence-electron chi connectivity index (χ4n) is 2.97. The molecule has 4 nitrogen and oxygen atoms in total. The number of benzene rings is 1. The Balaban J connectivity index is 1.72. The van der Waals surface area contributed by atoms with Gasteiger partial charge in [0, 0.05) is 5.92 Å². The van der Waals surface area contributed by atoms with E-state index in [1.165, 1.54) is 6.42 Å². The van der Waals surface area contributed by atoms with E-state index in [2.05, 4.69) is 5.32 Å². The molecule has 2 atom stereocenters. The van der Waals surface area contributed by atoms with Gasteiger partial charge in [-0.3, -0.25) is 9.59 Å². The van der Waals surface area contributed by atoms with E-state index in [4.69, 9.17) is 5.73 Å². The minimum Gasteiger partial charge on any atom is -0.366 e. The Morgan fingerprint density at radius 2 is 1.78 bits per heavy atom. The highest BCUT2D eigenvalue weighted by Gasteiger charge is 2.48. The monoisotopic (exact) mass is 244 g/mol. The zero-order valence-electron chi connectivity index (χ0n) is 10.1. The average Bonchev–Trinajstić information content (AvgIpc) is 2.96. The van der Waals surface area contributed by atoms with Gasteiger partial charge in [0.25, 0.3) is 5.91 Å². The minimum atomic E-state index is -0.514. The molecule has 2 amide bonds. The van der Waals surface area contributed by atoms with E-state index in [9.17, 15) is 9.59 Å². The van der Waals surface area contributed by atoms with E-state index in [0.717, 1.165) is 24.7 Å². The fourth-order valence-corrected chi connectivity index (χ4v) is 2.97. The summed E-state index contributed by atoms with van der Waals surface area (Å²) < 4.78 is 0. The second-order valence-corrected chi connectivity index (χ2v) is 5.32. The first-order valence-electron chi connectivity index (χ1n) is 6.35. The van der Waals surface area contributed by atoms with Crippen LogP contribution in [-0.2, 0) is 4.79 Å². The lowest BCUT2D eigenvalue weighted by Crippen LogP contribution is -2.24. The van der Waals surface area contributed by atoms with Crippen molar-refractivity contribution in [3.05, 3.63) is 29.8 Å². The number of rotatable bonds is 3. The molecule has 4 heteroatoms. The van der Waals surface area contributed by atoms with Gasteiger partial charge in [0.1, 0.15) is 0 Å². The molecule has 2 aliphatic rings. The smallest absolute Gasteiger partial charge is 0.250 e. The number of hydrogen-bond donors (Lipinski definition) is 2. The lowest BCUT2D eigenvalue weighted by Gasteiger charge is -2.13. The van der Waals surface area contributed by atoms with Crippen LogP contribution >= 0.6 is 0 Å². The van der Waals surface area contributed by atoms with Crippen LogP contribution in [0.5, 0.6) is 0 Å². The van der Waals surface area contributed by atoms with Gasteiger partial charge in [-0.1, -0.05) is 12.1 Å². The molecule has 2 aliphatic carbocycles. The molecule has 94 valence electrons. The van der Waals surface area contributed by atoms with E-state index in [1.54, 1.807) is 24.3 Å². The summed E-state index contributed by atoms with van der Waals surface area (Å²) in [5.41, 5.74) is 6.18. The molecule has 0 bridgehead atoms. The van der Waals surface area contributed by atoms with Crippen molar-refractivity contribution in [3.8, 4) is 0 Å². The molecule has 0 radical (unpaired) electrons. The molecule has 2 unspecified atom stereocenters. The maximum absolute atomic E-state index is 12.1. The molecule has 0 aliphatic heterocycles. The number of amides is 2. The Morgan fingerprint density at radius 3 is 2.44 bits per heavy atom. The number of para-hydroxylation sites is 1. The van der Waals surface area contributed by atoms with Crippen LogP contribution in [0.2, 0.25) is 0 Å². The summed E-state index contributed by atoms with van der Waals surface area (Å²) in [7, 11) is 0. The first-order chi connectivity index (χ1) is 8.65. The lowest BCUT2D eigenvalue weighted by atomic mass is 10.0. The van der Waals surface area contributed by atoms with E-state index in [1.807, 2.05) is 0 Å². The number of fused-ring (bicyclic) bond motifs is 1. The SMILES string of the molecule is NC(=O)c1ccccc1NC(=O)C1CC2CC2C1. The summed E-state index contributed by atoms with van der Waals surface area (Å²) >= 11 is 0. The summed E-state index contributed by atoms with van der Waals surface area (Å²) in [5.74, 6) is 1.16.